The molecule has 37 heavy (non-hydrogen) atoms. The fourth-order valence-corrected chi connectivity index (χ4v) is 4.30. The van der Waals surface area contributed by atoms with Crippen LogP contribution in [-0.2, 0) is 4.79 Å². The summed E-state index contributed by atoms with van der Waals surface area (Å²) in [5.41, 5.74) is 7.92. The van der Waals surface area contributed by atoms with Gasteiger partial charge in [0.25, 0.3) is 0 Å². The normalized spacial score (nSPS) is 11.4. The first-order chi connectivity index (χ1) is 18.0. The molecule has 0 aliphatic carbocycles. The smallest absolute Gasteiger partial charge is 0.238 e. The Morgan fingerprint density at radius 2 is 1.84 bits per heavy atom. The molecule has 0 fully saturated rings. The first kappa shape index (κ1) is 22.5. The number of nitrogens with one attached hydrogen (secondary N) is 3. The van der Waals surface area contributed by atoms with E-state index in [1.165, 1.54) is 0 Å². The number of aromatic nitrogens is 7. The summed E-state index contributed by atoms with van der Waals surface area (Å²) in [7, 11) is 3.69. The van der Waals surface area contributed by atoms with E-state index in [2.05, 4.69) is 35.5 Å². The van der Waals surface area contributed by atoms with E-state index in [0.29, 0.717) is 11.4 Å². The molecule has 1 amide bonds. The zero-order valence-corrected chi connectivity index (χ0v) is 20.2. The summed E-state index contributed by atoms with van der Waals surface area (Å²) in [4.78, 5) is 35.5. The van der Waals surface area contributed by atoms with E-state index < -0.39 is 0 Å². The Labute approximate surface area is 211 Å². The number of nitrogens with zero attached hydrogens (tertiary/aromatic N) is 6. The molecule has 0 spiro atoms. The van der Waals surface area contributed by atoms with Gasteiger partial charge in [-0.05, 0) is 56.6 Å². The zero-order valence-electron chi connectivity index (χ0n) is 20.2. The molecule has 10 nitrogen and oxygen atoms in total. The van der Waals surface area contributed by atoms with Crippen LogP contribution in [0.4, 0.5) is 5.69 Å². The number of H-pyrrole nitrogens is 2. The maximum atomic E-state index is 12.2. The van der Waals surface area contributed by atoms with Crippen LogP contribution < -0.4 is 5.32 Å². The van der Waals surface area contributed by atoms with Crippen LogP contribution in [0.5, 0.6) is 0 Å². The van der Waals surface area contributed by atoms with Crippen molar-refractivity contribution in [2.75, 3.05) is 26.0 Å². The van der Waals surface area contributed by atoms with E-state index >= 15 is 0 Å². The highest BCUT2D eigenvalue weighted by Gasteiger charge is 2.16. The van der Waals surface area contributed by atoms with Crippen molar-refractivity contribution in [3.05, 3.63) is 73.4 Å². The van der Waals surface area contributed by atoms with Crippen LogP contribution in [0.15, 0.2) is 73.4 Å². The molecule has 0 aromatic carbocycles. The summed E-state index contributed by atoms with van der Waals surface area (Å²) in [5.74, 6) is -0.108. The predicted octanol–water partition coefficient (Wildman–Crippen LogP) is 4.13. The van der Waals surface area contributed by atoms with Crippen LogP contribution in [0.1, 0.15) is 0 Å². The fourth-order valence-electron chi connectivity index (χ4n) is 4.30. The van der Waals surface area contributed by atoms with Gasteiger partial charge in [0.05, 0.1) is 41.0 Å². The van der Waals surface area contributed by atoms with Gasteiger partial charge in [-0.1, -0.05) is 0 Å². The van der Waals surface area contributed by atoms with Gasteiger partial charge in [0.1, 0.15) is 11.2 Å². The zero-order chi connectivity index (χ0) is 25.4. The molecule has 6 aromatic rings. The van der Waals surface area contributed by atoms with Gasteiger partial charge < -0.3 is 15.2 Å². The van der Waals surface area contributed by atoms with Gasteiger partial charge in [0.15, 0.2) is 0 Å². The van der Waals surface area contributed by atoms with E-state index in [1.807, 2.05) is 61.5 Å². The first-order valence-corrected chi connectivity index (χ1v) is 11.7. The molecule has 0 saturated carbocycles. The average molecular weight is 490 g/mol. The molecule has 0 bridgehead atoms. The Kier molecular flexibility index (Phi) is 5.62. The summed E-state index contributed by atoms with van der Waals surface area (Å²) in [5, 5.41) is 11.5. The van der Waals surface area contributed by atoms with Crippen molar-refractivity contribution >= 4 is 33.5 Å². The quantitative estimate of drug-likeness (QED) is 0.321. The van der Waals surface area contributed by atoms with Crippen molar-refractivity contribution in [3.63, 3.8) is 0 Å². The number of aromatic amines is 2. The largest absolute Gasteiger partial charge is 0.353 e. The van der Waals surface area contributed by atoms with Crippen LogP contribution in [0, 0.1) is 0 Å². The summed E-state index contributed by atoms with van der Waals surface area (Å²) >= 11 is 0. The predicted molar refractivity (Wildman–Crippen MR) is 143 cm³/mol. The standard InChI is InChI=1S/C27H23N9O/c1-36(2)15-24(37)31-18-10-17(13-29-14-18)20-5-6-22-26(33-20)27(35-34-22)23-11-19-21(32-23)7-9-30-25(19)16-4-3-8-28-12-16/h3-14,32H,15H2,1-2H3,(H,31,37)(H,34,35). The SMILES string of the molecule is CN(C)CC(=O)Nc1cncc(-c2ccc3[nH]nc(-c4cc5c(-c6cccnc6)nccc5[nH]4)c3n2)c1. The van der Waals surface area contributed by atoms with Crippen molar-refractivity contribution in [2.45, 2.75) is 0 Å². The molecule has 0 radical (unpaired) electrons. The van der Waals surface area contributed by atoms with Crippen LogP contribution in [-0.4, -0.2) is 66.6 Å². The number of fused-ring (bicyclic) bond motifs is 2. The molecule has 0 aliphatic rings. The first-order valence-electron chi connectivity index (χ1n) is 11.7. The number of carbonyl (C=O) groups is 1. The highest BCUT2D eigenvalue weighted by molar-refractivity contribution is 5.99. The minimum atomic E-state index is -0.108. The van der Waals surface area contributed by atoms with Crippen LogP contribution in [0.2, 0.25) is 0 Å². The van der Waals surface area contributed by atoms with Crippen molar-refractivity contribution in [1.82, 2.24) is 40.0 Å². The van der Waals surface area contributed by atoms with Crippen molar-refractivity contribution in [1.29, 1.82) is 0 Å². The van der Waals surface area contributed by atoms with E-state index in [-0.39, 0.29) is 12.5 Å². The van der Waals surface area contributed by atoms with Crippen molar-refractivity contribution in [2.24, 2.45) is 0 Å². The lowest BCUT2D eigenvalue weighted by molar-refractivity contribution is -0.116. The van der Waals surface area contributed by atoms with Crippen molar-refractivity contribution in [3.8, 4) is 33.9 Å². The number of amides is 1. The maximum absolute atomic E-state index is 12.2. The molecule has 0 unspecified atom stereocenters. The molecule has 0 atom stereocenters. The number of carbonyl (C=O) groups excluding carboxylic acids is 1. The number of rotatable bonds is 6. The summed E-state index contributed by atoms with van der Waals surface area (Å²) in [6, 6.07) is 13.6. The summed E-state index contributed by atoms with van der Waals surface area (Å²) in [6.45, 7) is 0.287. The Bertz CT molecular complexity index is 1740. The second-order valence-corrected chi connectivity index (χ2v) is 8.96. The van der Waals surface area contributed by atoms with E-state index in [0.717, 1.165) is 50.1 Å². The third-order valence-corrected chi connectivity index (χ3v) is 5.92. The lowest BCUT2D eigenvalue weighted by Gasteiger charge is -2.10. The van der Waals surface area contributed by atoms with E-state index in [9.17, 15) is 4.79 Å². The average Bonchev–Trinajstić information content (AvgIpc) is 3.52. The molecule has 3 N–H and O–H groups in total. The number of hydrogen-bond donors (Lipinski definition) is 3. The van der Waals surface area contributed by atoms with Crippen LogP contribution >= 0.6 is 0 Å². The molecule has 0 saturated heterocycles. The molecule has 6 aromatic heterocycles. The maximum Gasteiger partial charge on any atom is 0.238 e. The highest BCUT2D eigenvalue weighted by atomic mass is 16.2. The Morgan fingerprint density at radius 3 is 2.68 bits per heavy atom. The highest BCUT2D eigenvalue weighted by Crippen LogP contribution is 2.33. The van der Waals surface area contributed by atoms with Gasteiger partial charge in [0, 0.05) is 46.8 Å². The third-order valence-electron chi connectivity index (χ3n) is 5.92. The molecular weight excluding hydrogens is 466 g/mol. The molecule has 6 rings (SSSR count). The Balaban J connectivity index is 1.38. The minimum Gasteiger partial charge on any atom is -0.353 e. The van der Waals surface area contributed by atoms with E-state index in [1.54, 1.807) is 31.0 Å². The Hall–Kier alpha value is -4.96. The van der Waals surface area contributed by atoms with Gasteiger partial charge in [0.2, 0.25) is 5.91 Å². The number of pyridine rings is 4. The molecule has 10 heteroatoms. The summed E-state index contributed by atoms with van der Waals surface area (Å²) < 4.78 is 0. The minimum absolute atomic E-state index is 0.108. The van der Waals surface area contributed by atoms with Gasteiger partial charge in [-0.3, -0.25) is 24.8 Å². The van der Waals surface area contributed by atoms with Gasteiger partial charge in [-0.2, -0.15) is 5.10 Å². The number of hydrogen-bond acceptors (Lipinski definition) is 7. The Morgan fingerprint density at radius 1 is 0.946 bits per heavy atom. The summed E-state index contributed by atoms with van der Waals surface area (Å²) in [6.07, 6.45) is 8.67. The topological polar surface area (TPSA) is 128 Å². The molecule has 6 heterocycles. The van der Waals surface area contributed by atoms with Gasteiger partial charge >= 0.3 is 0 Å². The number of anilines is 1. The molecular formula is C27H23N9O. The lowest BCUT2D eigenvalue weighted by atomic mass is 10.1. The van der Waals surface area contributed by atoms with E-state index in [4.69, 9.17) is 4.98 Å². The second-order valence-electron chi connectivity index (χ2n) is 8.96. The van der Waals surface area contributed by atoms with Crippen LogP contribution in [0.25, 0.3) is 55.8 Å². The van der Waals surface area contributed by atoms with Gasteiger partial charge in [-0.15, -0.1) is 0 Å². The monoisotopic (exact) mass is 489 g/mol. The van der Waals surface area contributed by atoms with Crippen molar-refractivity contribution < 1.29 is 4.79 Å². The van der Waals surface area contributed by atoms with Gasteiger partial charge in [-0.25, -0.2) is 4.98 Å². The molecule has 0 aliphatic heterocycles. The lowest BCUT2D eigenvalue weighted by Crippen LogP contribution is -2.27. The third kappa shape index (κ3) is 4.41. The molecule has 182 valence electrons. The fraction of sp³-hybridized carbons (Fsp3) is 0.111. The van der Waals surface area contributed by atoms with Crippen LogP contribution in [0.3, 0.4) is 0 Å². The second kappa shape index (κ2) is 9.25. The number of likely N-dealkylation sites (N-methyl/N-ethyl adjacent to an activating group) is 1.